The molecule has 1 saturated heterocycles. The third-order valence-electron chi connectivity index (χ3n) is 5.61. The van der Waals surface area contributed by atoms with Crippen molar-refractivity contribution in [2.24, 2.45) is 0 Å². The lowest BCUT2D eigenvalue weighted by atomic mass is 10.1. The van der Waals surface area contributed by atoms with Crippen molar-refractivity contribution in [3.8, 4) is 0 Å². The first-order valence-corrected chi connectivity index (χ1v) is 12.2. The number of esters is 2. The minimum absolute atomic E-state index is 0.106. The molecule has 0 radical (unpaired) electrons. The summed E-state index contributed by atoms with van der Waals surface area (Å²) in [6.45, 7) is 7.59. The summed E-state index contributed by atoms with van der Waals surface area (Å²) in [5.74, 6) is -1.78. The first-order valence-electron chi connectivity index (χ1n) is 10.8. The molecule has 2 heterocycles. The fraction of sp³-hybridized carbons (Fsp3) is 0.435. The number of ether oxygens (including phenoxy) is 2. The van der Waals surface area contributed by atoms with Crippen LogP contribution in [-0.2, 0) is 19.5 Å². The molecule has 1 aromatic carbocycles. The Bertz CT molecular complexity index is 1160. The van der Waals surface area contributed by atoms with Crippen molar-refractivity contribution in [1.29, 1.82) is 0 Å². The largest absolute Gasteiger partial charge is 0.462 e. The molecule has 1 aliphatic rings. The predicted octanol–water partition coefficient (Wildman–Crippen LogP) is 3.02. The molecule has 3 rings (SSSR count). The van der Waals surface area contributed by atoms with E-state index in [0.717, 1.165) is 12.8 Å². The molecule has 1 aliphatic heterocycles. The molecule has 33 heavy (non-hydrogen) atoms. The SMILES string of the molecule is CCOC(=O)c1c(C)[nH]c(C(=O)C(C)OC(=O)c2ccc(S(=O)(=O)N3CCCC3)cc2)c1C. The topological polar surface area (TPSA) is 123 Å². The summed E-state index contributed by atoms with van der Waals surface area (Å²) in [6.07, 6.45) is 0.533. The number of hydrogen-bond donors (Lipinski definition) is 1. The number of nitrogens with one attached hydrogen (secondary N) is 1. The highest BCUT2D eigenvalue weighted by molar-refractivity contribution is 7.89. The van der Waals surface area contributed by atoms with E-state index in [2.05, 4.69) is 4.98 Å². The van der Waals surface area contributed by atoms with Crippen LogP contribution in [0.25, 0.3) is 0 Å². The first-order chi connectivity index (χ1) is 15.6. The van der Waals surface area contributed by atoms with E-state index in [1.165, 1.54) is 35.5 Å². The van der Waals surface area contributed by atoms with Gasteiger partial charge in [0.05, 0.1) is 28.3 Å². The number of ketones is 1. The number of carbonyl (C=O) groups is 3. The molecule has 0 amide bonds. The van der Waals surface area contributed by atoms with Gasteiger partial charge in [0, 0.05) is 18.8 Å². The van der Waals surface area contributed by atoms with Crippen molar-refractivity contribution in [3.63, 3.8) is 0 Å². The van der Waals surface area contributed by atoms with Gasteiger partial charge >= 0.3 is 11.9 Å². The molecule has 1 aromatic heterocycles. The number of H-pyrrole nitrogens is 1. The van der Waals surface area contributed by atoms with E-state index < -0.39 is 33.8 Å². The number of carbonyl (C=O) groups excluding carboxylic acids is 3. The van der Waals surface area contributed by atoms with Crippen LogP contribution in [0.3, 0.4) is 0 Å². The minimum atomic E-state index is -3.59. The van der Waals surface area contributed by atoms with E-state index in [-0.39, 0.29) is 28.3 Å². The van der Waals surface area contributed by atoms with Crippen molar-refractivity contribution in [2.75, 3.05) is 19.7 Å². The number of hydrogen-bond acceptors (Lipinski definition) is 7. The average molecular weight is 477 g/mol. The summed E-state index contributed by atoms with van der Waals surface area (Å²) < 4.78 is 37.0. The highest BCUT2D eigenvalue weighted by Crippen LogP contribution is 2.23. The van der Waals surface area contributed by atoms with Gasteiger partial charge < -0.3 is 14.5 Å². The van der Waals surface area contributed by atoms with Gasteiger partial charge in [-0.15, -0.1) is 0 Å². The molecule has 1 fully saturated rings. The van der Waals surface area contributed by atoms with Crippen molar-refractivity contribution < 1.29 is 32.3 Å². The number of sulfonamides is 1. The zero-order chi connectivity index (χ0) is 24.3. The maximum absolute atomic E-state index is 12.9. The summed E-state index contributed by atoms with van der Waals surface area (Å²) in [5, 5.41) is 0. The molecule has 178 valence electrons. The Kier molecular flexibility index (Phi) is 7.38. The number of aromatic amines is 1. The molecule has 0 bridgehead atoms. The lowest BCUT2D eigenvalue weighted by molar-refractivity contribution is 0.0316. The highest BCUT2D eigenvalue weighted by Gasteiger charge is 2.29. The molecule has 9 nitrogen and oxygen atoms in total. The first kappa shape index (κ1) is 24.7. The van der Waals surface area contributed by atoms with Gasteiger partial charge in [-0.05, 0) is 70.4 Å². The highest BCUT2D eigenvalue weighted by atomic mass is 32.2. The van der Waals surface area contributed by atoms with Crippen LogP contribution < -0.4 is 0 Å². The Balaban J connectivity index is 1.71. The van der Waals surface area contributed by atoms with Gasteiger partial charge in [-0.25, -0.2) is 18.0 Å². The van der Waals surface area contributed by atoms with Crippen LogP contribution in [-0.4, -0.2) is 61.2 Å². The summed E-state index contributed by atoms with van der Waals surface area (Å²) in [5.41, 5.74) is 1.50. The summed E-state index contributed by atoms with van der Waals surface area (Å²) >= 11 is 0. The van der Waals surface area contributed by atoms with E-state index in [1.807, 2.05) is 0 Å². The second-order valence-corrected chi connectivity index (χ2v) is 9.83. The number of rotatable bonds is 8. The fourth-order valence-electron chi connectivity index (χ4n) is 3.83. The molecular weight excluding hydrogens is 448 g/mol. The fourth-order valence-corrected chi connectivity index (χ4v) is 5.35. The monoisotopic (exact) mass is 476 g/mol. The van der Waals surface area contributed by atoms with Crippen molar-refractivity contribution in [2.45, 2.75) is 51.5 Å². The Labute approximate surface area is 193 Å². The molecular formula is C23H28N2O7S. The van der Waals surface area contributed by atoms with Gasteiger partial charge in [0.15, 0.2) is 6.10 Å². The predicted molar refractivity (Wildman–Crippen MR) is 120 cm³/mol. The summed E-state index contributed by atoms with van der Waals surface area (Å²) in [7, 11) is -3.59. The summed E-state index contributed by atoms with van der Waals surface area (Å²) in [6, 6.07) is 5.46. The van der Waals surface area contributed by atoms with Crippen molar-refractivity contribution in [1.82, 2.24) is 9.29 Å². The number of nitrogens with zero attached hydrogens (tertiary/aromatic N) is 1. The number of aromatic nitrogens is 1. The van der Waals surface area contributed by atoms with Gasteiger partial charge in [0.1, 0.15) is 0 Å². The number of benzene rings is 1. The van der Waals surface area contributed by atoms with Crippen LogP contribution in [0.5, 0.6) is 0 Å². The Morgan fingerprint density at radius 2 is 1.67 bits per heavy atom. The normalized spacial score (nSPS) is 15.3. The van der Waals surface area contributed by atoms with Crippen LogP contribution >= 0.6 is 0 Å². The molecule has 0 aliphatic carbocycles. The van der Waals surface area contributed by atoms with Crippen LogP contribution in [0.2, 0.25) is 0 Å². The van der Waals surface area contributed by atoms with E-state index >= 15 is 0 Å². The van der Waals surface area contributed by atoms with E-state index in [0.29, 0.717) is 24.3 Å². The van der Waals surface area contributed by atoms with Crippen LogP contribution in [0.1, 0.15) is 69.2 Å². The van der Waals surface area contributed by atoms with E-state index in [1.54, 1.807) is 20.8 Å². The zero-order valence-corrected chi connectivity index (χ0v) is 20.0. The molecule has 0 saturated carbocycles. The van der Waals surface area contributed by atoms with Gasteiger partial charge in [-0.3, -0.25) is 4.79 Å². The standard InChI is InChI=1S/C23H28N2O7S/c1-5-31-23(28)19-14(2)20(24-15(19)3)21(26)16(4)32-22(27)17-8-10-18(11-9-17)33(29,30)25-12-6-7-13-25/h8-11,16,24H,5-7,12-13H2,1-4H3. The third kappa shape index (κ3) is 5.01. The average Bonchev–Trinajstić information content (AvgIpc) is 3.42. The van der Waals surface area contributed by atoms with E-state index in [4.69, 9.17) is 9.47 Å². The van der Waals surface area contributed by atoms with Crippen LogP contribution in [0, 0.1) is 13.8 Å². The second-order valence-electron chi connectivity index (χ2n) is 7.89. The Morgan fingerprint density at radius 3 is 2.24 bits per heavy atom. The van der Waals surface area contributed by atoms with Crippen molar-refractivity contribution in [3.05, 3.63) is 52.3 Å². The van der Waals surface area contributed by atoms with Gasteiger partial charge in [-0.2, -0.15) is 4.31 Å². The molecule has 1 atom stereocenters. The molecule has 2 aromatic rings. The maximum Gasteiger partial charge on any atom is 0.340 e. The maximum atomic E-state index is 12.9. The molecule has 0 spiro atoms. The molecule has 10 heteroatoms. The number of Topliss-reactive ketones (excluding diaryl/α,β-unsaturated/α-hetero) is 1. The van der Waals surface area contributed by atoms with Crippen molar-refractivity contribution >= 4 is 27.7 Å². The minimum Gasteiger partial charge on any atom is -0.462 e. The smallest absolute Gasteiger partial charge is 0.340 e. The zero-order valence-electron chi connectivity index (χ0n) is 19.1. The molecule has 1 unspecified atom stereocenters. The second kappa shape index (κ2) is 9.88. The van der Waals surface area contributed by atoms with Gasteiger partial charge in [0.25, 0.3) is 0 Å². The van der Waals surface area contributed by atoms with Crippen LogP contribution in [0.15, 0.2) is 29.2 Å². The third-order valence-corrected chi connectivity index (χ3v) is 7.52. The molecule has 1 N–H and O–H groups in total. The quantitative estimate of drug-likeness (QED) is 0.459. The Hall–Kier alpha value is -2.98. The Morgan fingerprint density at radius 1 is 1.06 bits per heavy atom. The van der Waals surface area contributed by atoms with Gasteiger partial charge in [-0.1, -0.05) is 0 Å². The van der Waals surface area contributed by atoms with Crippen LogP contribution in [0.4, 0.5) is 0 Å². The summed E-state index contributed by atoms with van der Waals surface area (Å²) in [4.78, 5) is 40.5. The number of aryl methyl sites for hydroxylation is 1. The van der Waals surface area contributed by atoms with E-state index in [9.17, 15) is 22.8 Å². The lowest BCUT2D eigenvalue weighted by Gasteiger charge is -2.16. The lowest BCUT2D eigenvalue weighted by Crippen LogP contribution is -2.28. The van der Waals surface area contributed by atoms with Gasteiger partial charge in [0.2, 0.25) is 15.8 Å².